The van der Waals surface area contributed by atoms with Crippen molar-refractivity contribution in [3.63, 3.8) is 0 Å². The van der Waals surface area contributed by atoms with Crippen LogP contribution in [-0.4, -0.2) is 20.2 Å². The van der Waals surface area contributed by atoms with Gasteiger partial charge in [-0.15, -0.1) is 0 Å². The number of aromatic amines is 2. The van der Waals surface area contributed by atoms with Gasteiger partial charge in [-0.1, -0.05) is 6.07 Å². The van der Waals surface area contributed by atoms with E-state index in [1.54, 1.807) is 30.9 Å². The minimum Gasteiger partial charge on any atom is -0.382 e. The standard InChI is InChI=1S/C13H11N5O/c14-13-11(8-2-1-4-15-6-8)12(17-18-13)9-7-16-5-3-10(9)19/h1-7H,(H,16,19)(H3,14,17,18). The van der Waals surface area contributed by atoms with Gasteiger partial charge in [0.1, 0.15) is 0 Å². The van der Waals surface area contributed by atoms with Crippen molar-refractivity contribution >= 4 is 5.82 Å². The third-order valence-corrected chi connectivity index (χ3v) is 2.84. The fraction of sp³-hybridized carbons (Fsp3) is 0. The molecule has 19 heavy (non-hydrogen) atoms. The molecule has 0 spiro atoms. The fourth-order valence-electron chi connectivity index (χ4n) is 1.97. The SMILES string of the molecule is Nc1n[nH]c(-c2c[nH]ccc2=O)c1-c1cccnc1. The van der Waals surface area contributed by atoms with Crippen molar-refractivity contribution in [3.05, 3.63) is 53.2 Å². The second-order valence-electron chi connectivity index (χ2n) is 4.02. The van der Waals surface area contributed by atoms with Crippen LogP contribution in [0.4, 0.5) is 5.82 Å². The average molecular weight is 253 g/mol. The van der Waals surface area contributed by atoms with E-state index in [4.69, 9.17) is 5.73 Å². The van der Waals surface area contributed by atoms with E-state index >= 15 is 0 Å². The summed E-state index contributed by atoms with van der Waals surface area (Å²) in [6.07, 6.45) is 6.56. The van der Waals surface area contributed by atoms with E-state index in [9.17, 15) is 4.79 Å². The molecule has 0 bridgehead atoms. The Morgan fingerprint density at radius 1 is 1.26 bits per heavy atom. The highest BCUT2D eigenvalue weighted by atomic mass is 16.1. The molecule has 0 fully saturated rings. The zero-order chi connectivity index (χ0) is 13.2. The first-order valence-electron chi connectivity index (χ1n) is 5.69. The Morgan fingerprint density at radius 2 is 2.16 bits per heavy atom. The van der Waals surface area contributed by atoms with Crippen LogP contribution in [0.5, 0.6) is 0 Å². The Balaban J connectivity index is 2.26. The topological polar surface area (TPSA) is 100 Å². The van der Waals surface area contributed by atoms with Gasteiger partial charge in [-0.2, -0.15) is 5.10 Å². The molecule has 0 unspecified atom stereocenters. The molecule has 0 saturated carbocycles. The number of pyridine rings is 2. The monoisotopic (exact) mass is 253 g/mol. The lowest BCUT2D eigenvalue weighted by Gasteiger charge is -2.03. The number of nitrogen functional groups attached to an aromatic ring is 1. The van der Waals surface area contributed by atoms with Gasteiger partial charge in [0.15, 0.2) is 11.2 Å². The molecule has 0 aromatic carbocycles. The zero-order valence-electron chi connectivity index (χ0n) is 9.92. The van der Waals surface area contributed by atoms with E-state index < -0.39 is 0 Å². The number of anilines is 1. The van der Waals surface area contributed by atoms with Crippen LogP contribution in [0.25, 0.3) is 22.4 Å². The van der Waals surface area contributed by atoms with Crippen LogP contribution in [0, 0.1) is 0 Å². The van der Waals surface area contributed by atoms with Gasteiger partial charge in [0.25, 0.3) is 0 Å². The zero-order valence-corrected chi connectivity index (χ0v) is 9.92. The first-order valence-corrected chi connectivity index (χ1v) is 5.69. The highest BCUT2D eigenvalue weighted by Crippen LogP contribution is 2.32. The Hall–Kier alpha value is -2.89. The van der Waals surface area contributed by atoms with Gasteiger partial charge in [-0.05, 0) is 6.07 Å². The van der Waals surface area contributed by atoms with E-state index in [0.29, 0.717) is 22.6 Å². The van der Waals surface area contributed by atoms with Crippen LogP contribution in [0.2, 0.25) is 0 Å². The van der Waals surface area contributed by atoms with Gasteiger partial charge < -0.3 is 10.7 Å². The summed E-state index contributed by atoms with van der Waals surface area (Å²) in [6, 6.07) is 5.13. The first kappa shape index (κ1) is 11.2. The molecule has 0 atom stereocenters. The molecule has 0 aliphatic heterocycles. The number of H-pyrrole nitrogens is 2. The highest BCUT2D eigenvalue weighted by molar-refractivity contribution is 5.87. The summed E-state index contributed by atoms with van der Waals surface area (Å²) in [7, 11) is 0. The molecule has 4 N–H and O–H groups in total. The lowest BCUT2D eigenvalue weighted by atomic mass is 10.0. The normalized spacial score (nSPS) is 10.5. The molecule has 0 aliphatic rings. The molecule has 6 heteroatoms. The van der Waals surface area contributed by atoms with E-state index in [1.807, 2.05) is 6.07 Å². The van der Waals surface area contributed by atoms with Crippen molar-refractivity contribution in [2.45, 2.75) is 0 Å². The molecule has 3 aromatic rings. The summed E-state index contributed by atoms with van der Waals surface area (Å²) in [5, 5.41) is 6.79. The number of nitrogens with zero attached hydrogens (tertiary/aromatic N) is 2. The number of aromatic nitrogens is 4. The van der Waals surface area contributed by atoms with Crippen LogP contribution in [0.3, 0.4) is 0 Å². The molecule has 3 aromatic heterocycles. The quantitative estimate of drug-likeness (QED) is 0.642. The molecular formula is C13H11N5O. The second-order valence-corrected chi connectivity index (χ2v) is 4.02. The summed E-state index contributed by atoms with van der Waals surface area (Å²) in [4.78, 5) is 18.8. The summed E-state index contributed by atoms with van der Waals surface area (Å²) in [6.45, 7) is 0. The maximum absolute atomic E-state index is 11.9. The summed E-state index contributed by atoms with van der Waals surface area (Å²) in [5.74, 6) is 0.339. The predicted octanol–water partition coefficient (Wildman–Crippen LogP) is 1.41. The largest absolute Gasteiger partial charge is 0.382 e. The smallest absolute Gasteiger partial charge is 0.190 e. The minimum absolute atomic E-state index is 0.104. The predicted molar refractivity (Wildman–Crippen MR) is 72.3 cm³/mol. The third-order valence-electron chi connectivity index (χ3n) is 2.84. The Morgan fingerprint density at radius 3 is 2.89 bits per heavy atom. The summed E-state index contributed by atoms with van der Waals surface area (Å²) < 4.78 is 0. The Kier molecular flexibility index (Phi) is 2.60. The molecule has 0 saturated heterocycles. The van der Waals surface area contributed by atoms with Crippen molar-refractivity contribution in [1.29, 1.82) is 0 Å². The van der Waals surface area contributed by atoms with Crippen molar-refractivity contribution < 1.29 is 0 Å². The third kappa shape index (κ3) is 1.89. The highest BCUT2D eigenvalue weighted by Gasteiger charge is 2.16. The molecule has 0 aliphatic carbocycles. The van der Waals surface area contributed by atoms with E-state index in [-0.39, 0.29) is 5.43 Å². The number of nitrogens with two attached hydrogens (primary N) is 1. The van der Waals surface area contributed by atoms with Crippen LogP contribution >= 0.6 is 0 Å². The second kappa shape index (κ2) is 4.41. The van der Waals surface area contributed by atoms with Gasteiger partial charge in [0.2, 0.25) is 0 Å². The van der Waals surface area contributed by atoms with Gasteiger partial charge in [-0.3, -0.25) is 14.9 Å². The van der Waals surface area contributed by atoms with E-state index in [2.05, 4.69) is 20.2 Å². The van der Waals surface area contributed by atoms with Crippen LogP contribution < -0.4 is 11.2 Å². The Bertz CT molecular complexity index is 760. The lowest BCUT2D eigenvalue weighted by Crippen LogP contribution is -2.03. The lowest BCUT2D eigenvalue weighted by molar-refractivity contribution is 1.10. The first-order chi connectivity index (χ1) is 9.27. The molecule has 3 rings (SSSR count). The van der Waals surface area contributed by atoms with Gasteiger partial charge in [0, 0.05) is 36.4 Å². The summed E-state index contributed by atoms with van der Waals surface area (Å²) >= 11 is 0. The molecule has 94 valence electrons. The van der Waals surface area contributed by atoms with Gasteiger partial charge >= 0.3 is 0 Å². The van der Waals surface area contributed by atoms with Crippen molar-refractivity contribution in [3.8, 4) is 22.4 Å². The maximum atomic E-state index is 11.9. The number of rotatable bonds is 2. The average Bonchev–Trinajstić information content (AvgIpc) is 2.82. The van der Waals surface area contributed by atoms with Crippen LogP contribution in [0.1, 0.15) is 0 Å². The summed E-state index contributed by atoms with van der Waals surface area (Å²) in [5.41, 5.74) is 8.35. The number of hydrogen-bond donors (Lipinski definition) is 3. The Labute approximate surface area is 108 Å². The fourth-order valence-corrected chi connectivity index (χ4v) is 1.97. The van der Waals surface area contributed by atoms with Gasteiger partial charge in [-0.25, -0.2) is 0 Å². The minimum atomic E-state index is -0.104. The molecule has 0 radical (unpaired) electrons. The molecule has 3 heterocycles. The van der Waals surface area contributed by atoms with Crippen LogP contribution in [0.15, 0.2) is 47.8 Å². The number of hydrogen-bond acceptors (Lipinski definition) is 4. The molecule has 6 nitrogen and oxygen atoms in total. The maximum Gasteiger partial charge on any atom is 0.190 e. The van der Waals surface area contributed by atoms with Crippen molar-refractivity contribution in [1.82, 2.24) is 20.2 Å². The number of nitrogens with one attached hydrogen (secondary N) is 2. The van der Waals surface area contributed by atoms with Crippen molar-refractivity contribution in [2.24, 2.45) is 0 Å². The van der Waals surface area contributed by atoms with Crippen molar-refractivity contribution in [2.75, 3.05) is 5.73 Å². The molecular weight excluding hydrogens is 242 g/mol. The van der Waals surface area contributed by atoms with Crippen LogP contribution in [-0.2, 0) is 0 Å². The van der Waals surface area contributed by atoms with E-state index in [1.165, 1.54) is 6.07 Å². The van der Waals surface area contributed by atoms with E-state index in [0.717, 1.165) is 5.56 Å². The van der Waals surface area contributed by atoms with Gasteiger partial charge in [0.05, 0.1) is 16.8 Å². The molecule has 0 amide bonds.